The van der Waals surface area contributed by atoms with Gasteiger partial charge in [0.15, 0.2) is 5.11 Å². The maximum absolute atomic E-state index is 10.4. The molecule has 0 amide bonds. The van der Waals surface area contributed by atoms with E-state index in [0.29, 0.717) is 17.8 Å². The summed E-state index contributed by atoms with van der Waals surface area (Å²) < 4.78 is 0. The summed E-state index contributed by atoms with van der Waals surface area (Å²) in [6.07, 6.45) is 5.10. The van der Waals surface area contributed by atoms with Crippen molar-refractivity contribution >= 4 is 23.0 Å². The fraction of sp³-hybridized carbons (Fsp3) is 0.818. The van der Waals surface area contributed by atoms with Gasteiger partial charge in [0.1, 0.15) is 0 Å². The van der Waals surface area contributed by atoms with Crippen molar-refractivity contribution in [2.45, 2.75) is 37.7 Å². The van der Waals surface area contributed by atoms with E-state index in [9.17, 15) is 5.11 Å². The Morgan fingerprint density at radius 2 is 2.00 bits per heavy atom. The predicted molar refractivity (Wildman–Crippen MR) is 65.9 cm³/mol. The molecule has 2 atom stereocenters. The number of nitrogens with two attached hydrogens (primary N) is 1. The molecule has 0 radical (unpaired) electrons. The highest BCUT2D eigenvalue weighted by Crippen LogP contribution is 2.54. The number of hydrogen-bond acceptors (Lipinski definition) is 3. The first-order valence-corrected chi connectivity index (χ1v) is 6.32. The zero-order chi connectivity index (χ0) is 11.3. The van der Waals surface area contributed by atoms with Crippen LogP contribution in [0.4, 0.5) is 0 Å². The van der Waals surface area contributed by atoms with Crippen LogP contribution in [0.3, 0.4) is 0 Å². The van der Waals surface area contributed by atoms with Gasteiger partial charge in [-0.3, -0.25) is 5.43 Å². The monoisotopic (exact) mass is 239 g/mol. The van der Waals surface area contributed by atoms with Gasteiger partial charge in [-0.15, -0.1) is 0 Å². The van der Waals surface area contributed by atoms with E-state index in [1.165, 1.54) is 18.6 Å². The average Bonchev–Trinajstić information content (AvgIpc) is 2.13. The zero-order valence-electron chi connectivity index (χ0n) is 9.15. The molecule has 4 rings (SSSR count). The Balaban J connectivity index is 1.83. The Labute approximate surface area is 100 Å². The van der Waals surface area contributed by atoms with Crippen molar-refractivity contribution in [3.63, 3.8) is 0 Å². The molecule has 4 aliphatic carbocycles. The normalized spacial score (nSPS) is 44.6. The molecule has 0 unspecified atom stereocenters. The van der Waals surface area contributed by atoms with Crippen LogP contribution in [-0.2, 0) is 0 Å². The van der Waals surface area contributed by atoms with Crippen molar-refractivity contribution in [2.75, 3.05) is 0 Å². The molecule has 0 aromatic rings. The first-order chi connectivity index (χ1) is 7.56. The molecule has 0 spiro atoms. The number of aliphatic hydroxyl groups is 1. The molecule has 5 heteroatoms. The third kappa shape index (κ3) is 1.62. The number of nitrogens with zero attached hydrogens (tertiary/aromatic N) is 1. The lowest BCUT2D eigenvalue weighted by molar-refractivity contribution is -0.0825. The maximum Gasteiger partial charge on any atom is 0.184 e. The van der Waals surface area contributed by atoms with Gasteiger partial charge in [-0.1, -0.05) is 0 Å². The van der Waals surface area contributed by atoms with Crippen molar-refractivity contribution in [1.82, 2.24) is 5.43 Å². The lowest BCUT2D eigenvalue weighted by Crippen LogP contribution is -2.55. The summed E-state index contributed by atoms with van der Waals surface area (Å²) in [4.78, 5) is 0. The van der Waals surface area contributed by atoms with Gasteiger partial charge in [0.2, 0.25) is 0 Å². The van der Waals surface area contributed by atoms with Crippen LogP contribution < -0.4 is 11.2 Å². The summed E-state index contributed by atoms with van der Waals surface area (Å²) in [5, 5.41) is 14.9. The molecular formula is C11H17N3OS. The molecule has 0 aromatic carbocycles. The van der Waals surface area contributed by atoms with Crippen LogP contribution in [0, 0.1) is 17.8 Å². The lowest BCUT2D eigenvalue weighted by atomic mass is 9.53. The van der Waals surface area contributed by atoms with Gasteiger partial charge in [-0.25, -0.2) is 0 Å². The number of thiocarbonyl (C=S) groups is 1. The van der Waals surface area contributed by atoms with Gasteiger partial charge in [0.25, 0.3) is 0 Å². The van der Waals surface area contributed by atoms with Crippen molar-refractivity contribution in [2.24, 2.45) is 28.6 Å². The van der Waals surface area contributed by atoms with E-state index < -0.39 is 5.60 Å². The minimum atomic E-state index is -0.404. The molecule has 0 heterocycles. The Morgan fingerprint density at radius 1 is 1.38 bits per heavy atom. The summed E-state index contributed by atoms with van der Waals surface area (Å²) in [5.74, 6) is 1.59. The number of hydrogen-bond donors (Lipinski definition) is 3. The summed E-state index contributed by atoms with van der Waals surface area (Å²) >= 11 is 4.76. The molecule has 0 saturated heterocycles. The first-order valence-electron chi connectivity index (χ1n) is 5.91. The van der Waals surface area contributed by atoms with Gasteiger partial charge in [0.05, 0.1) is 5.60 Å². The van der Waals surface area contributed by atoms with Gasteiger partial charge >= 0.3 is 0 Å². The highest BCUT2D eigenvalue weighted by atomic mass is 32.1. The molecule has 0 aromatic heterocycles. The standard InChI is InChI=1S/C11H17N3OS/c12-10(16)14-13-9-7-1-6-2-8(9)5-11(15,3-6)4-7/h6-8,15H,1-5H2,(H3,12,14,16)/t6?,7-,8-,11?/m0/s1. The molecule has 88 valence electrons. The van der Waals surface area contributed by atoms with Crippen LogP contribution in [0.25, 0.3) is 0 Å². The van der Waals surface area contributed by atoms with E-state index >= 15 is 0 Å². The molecule has 4 aliphatic rings. The fourth-order valence-corrected chi connectivity index (χ4v) is 4.07. The molecular weight excluding hydrogens is 222 g/mol. The summed E-state index contributed by atoms with van der Waals surface area (Å²) in [5.41, 5.74) is 8.87. The predicted octanol–water partition coefficient (Wildman–Crippen LogP) is 0.747. The Kier molecular flexibility index (Phi) is 2.23. The summed E-state index contributed by atoms with van der Waals surface area (Å²) in [7, 11) is 0. The largest absolute Gasteiger partial charge is 0.390 e. The van der Waals surface area contributed by atoms with Crippen LogP contribution in [-0.4, -0.2) is 21.5 Å². The van der Waals surface area contributed by atoms with E-state index in [0.717, 1.165) is 19.3 Å². The average molecular weight is 239 g/mol. The topological polar surface area (TPSA) is 70.6 Å². The molecule has 4 fully saturated rings. The van der Waals surface area contributed by atoms with Crippen molar-refractivity contribution in [1.29, 1.82) is 0 Å². The SMILES string of the molecule is NC(=S)NN=C1[C@H]2CC3C[C@H]1CC(O)(C3)C2. The second-order valence-corrected chi connectivity index (χ2v) is 6.02. The minimum absolute atomic E-state index is 0.222. The first kappa shape index (κ1) is 10.5. The Morgan fingerprint density at radius 3 is 2.50 bits per heavy atom. The third-order valence-corrected chi connectivity index (χ3v) is 4.38. The van der Waals surface area contributed by atoms with Crippen molar-refractivity contribution in [3.05, 3.63) is 0 Å². The Hall–Kier alpha value is -0.680. The molecule has 0 aliphatic heterocycles. The minimum Gasteiger partial charge on any atom is -0.390 e. The van der Waals surface area contributed by atoms with Gasteiger partial charge < -0.3 is 10.8 Å². The van der Waals surface area contributed by atoms with E-state index in [4.69, 9.17) is 18.0 Å². The lowest BCUT2D eigenvalue weighted by Gasteiger charge is -2.54. The van der Waals surface area contributed by atoms with E-state index in [1.54, 1.807) is 0 Å². The highest BCUT2D eigenvalue weighted by molar-refractivity contribution is 7.80. The summed E-state index contributed by atoms with van der Waals surface area (Å²) in [6, 6.07) is 0. The van der Waals surface area contributed by atoms with E-state index in [1.807, 2.05) is 0 Å². The van der Waals surface area contributed by atoms with Crippen LogP contribution >= 0.6 is 12.2 Å². The second kappa shape index (κ2) is 3.40. The molecule has 4 bridgehead atoms. The summed E-state index contributed by atoms with van der Waals surface area (Å²) in [6.45, 7) is 0. The Bertz CT molecular complexity index is 350. The molecule has 16 heavy (non-hydrogen) atoms. The third-order valence-electron chi connectivity index (χ3n) is 4.29. The zero-order valence-corrected chi connectivity index (χ0v) is 9.96. The van der Waals surface area contributed by atoms with E-state index in [-0.39, 0.29) is 5.11 Å². The molecule has 4 N–H and O–H groups in total. The van der Waals surface area contributed by atoms with Crippen LogP contribution in [0.15, 0.2) is 5.10 Å². The number of rotatable bonds is 1. The highest BCUT2D eigenvalue weighted by Gasteiger charge is 2.53. The van der Waals surface area contributed by atoms with Crippen molar-refractivity contribution < 1.29 is 5.11 Å². The maximum atomic E-state index is 10.4. The van der Waals surface area contributed by atoms with Crippen LogP contribution in [0.5, 0.6) is 0 Å². The fourth-order valence-electron chi connectivity index (χ4n) is 4.03. The second-order valence-electron chi connectivity index (χ2n) is 5.58. The number of nitrogens with one attached hydrogen (secondary N) is 1. The van der Waals surface area contributed by atoms with Gasteiger partial charge in [-0.2, -0.15) is 5.10 Å². The van der Waals surface area contributed by atoms with Gasteiger partial charge in [-0.05, 0) is 50.2 Å². The molecule has 4 nitrogen and oxygen atoms in total. The quantitative estimate of drug-likeness (QED) is 0.466. The number of hydrazone groups is 1. The molecule has 4 saturated carbocycles. The van der Waals surface area contributed by atoms with Crippen molar-refractivity contribution in [3.8, 4) is 0 Å². The van der Waals surface area contributed by atoms with Crippen LogP contribution in [0.2, 0.25) is 0 Å². The van der Waals surface area contributed by atoms with E-state index in [2.05, 4.69) is 10.5 Å². The van der Waals surface area contributed by atoms with Crippen LogP contribution in [0.1, 0.15) is 32.1 Å². The van der Waals surface area contributed by atoms with Gasteiger partial charge in [0, 0.05) is 17.5 Å². The smallest absolute Gasteiger partial charge is 0.184 e.